The van der Waals surface area contributed by atoms with Gasteiger partial charge in [0.1, 0.15) is 11.8 Å². The molecule has 0 aromatic heterocycles. The van der Waals surface area contributed by atoms with Gasteiger partial charge in [0.2, 0.25) is 15.9 Å². The Hall–Kier alpha value is -3.11. The van der Waals surface area contributed by atoms with Gasteiger partial charge in [-0.2, -0.15) is 0 Å². The summed E-state index contributed by atoms with van der Waals surface area (Å²) in [6, 6.07) is 12.3. The Kier molecular flexibility index (Phi) is 7.79. The minimum absolute atomic E-state index is 0.0101. The predicted octanol–water partition coefficient (Wildman–Crippen LogP) is 1.85. The molecule has 162 valence electrons. The Labute approximate surface area is 176 Å². The van der Waals surface area contributed by atoms with E-state index in [-0.39, 0.29) is 22.8 Å². The van der Waals surface area contributed by atoms with Gasteiger partial charge in [0.25, 0.3) is 0 Å². The van der Waals surface area contributed by atoms with Crippen molar-refractivity contribution in [3.05, 3.63) is 54.1 Å². The number of anilines is 1. The molecule has 0 heterocycles. The maximum absolute atomic E-state index is 12.9. The molecule has 0 spiro atoms. The second-order valence-electron chi connectivity index (χ2n) is 6.52. The van der Waals surface area contributed by atoms with Crippen LogP contribution < -0.4 is 15.4 Å². The van der Waals surface area contributed by atoms with E-state index in [1.807, 2.05) is 30.3 Å². The molecule has 1 atom stereocenters. The van der Waals surface area contributed by atoms with Gasteiger partial charge in [-0.05, 0) is 23.8 Å². The summed E-state index contributed by atoms with van der Waals surface area (Å²) in [6.07, 6.45) is -0.554. The first-order chi connectivity index (χ1) is 14.2. The van der Waals surface area contributed by atoms with Crippen LogP contribution >= 0.6 is 0 Å². The zero-order chi connectivity index (χ0) is 22.3. The topological polar surface area (TPSA) is 114 Å². The molecule has 0 fully saturated rings. The Morgan fingerprint density at radius 3 is 2.30 bits per heavy atom. The van der Waals surface area contributed by atoms with E-state index >= 15 is 0 Å². The fourth-order valence-corrected chi connectivity index (χ4v) is 3.56. The molecule has 30 heavy (non-hydrogen) atoms. The van der Waals surface area contributed by atoms with Crippen molar-refractivity contribution in [2.24, 2.45) is 0 Å². The van der Waals surface area contributed by atoms with Crippen LogP contribution in [0.2, 0.25) is 0 Å². The molecule has 2 amide bonds. The Morgan fingerprint density at radius 1 is 1.07 bits per heavy atom. The lowest BCUT2D eigenvalue weighted by Crippen LogP contribution is -2.45. The average molecular weight is 436 g/mol. The molecule has 1 unspecified atom stereocenters. The van der Waals surface area contributed by atoms with Gasteiger partial charge >= 0.3 is 6.09 Å². The van der Waals surface area contributed by atoms with Gasteiger partial charge in [0.15, 0.2) is 0 Å². The maximum Gasteiger partial charge on any atom is 0.407 e. The van der Waals surface area contributed by atoms with Crippen molar-refractivity contribution in [1.29, 1.82) is 0 Å². The van der Waals surface area contributed by atoms with E-state index in [1.165, 1.54) is 46.5 Å². The highest BCUT2D eigenvalue weighted by Gasteiger charge is 2.24. The Balaban J connectivity index is 2.34. The summed E-state index contributed by atoms with van der Waals surface area (Å²) in [4.78, 5) is 24.7. The molecule has 0 saturated heterocycles. The summed E-state index contributed by atoms with van der Waals surface area (Å²) in [5, 5.41) is 5.14. The van der Waals surface area contributed by atoms with Gasteiger partial charge in [-0.3, -0.25) is 4.79 Å². The van der Waals surface area contributed by atoms with Crippen LogP contribution in [0.4, 0.5) is 10.5 Å². The first-order valence-electron chi connectivity index (χ1n) is 8.99. The number of amides is 2. The second kappa shape index (κ2) is 10.1. The van der Waals surface area contributed by atoms with Crippen molar-refractivity contribution in [1.82, 2.24) is 9.62 Å². The number of methoxy groups -OCH3 is 2. The maximum atomic E-state index is 12.9. The van der Waals surface area contributed by atoms with Crippen molar-refractivity contribution in [2.75, 3.05) is 33.6 Å². The zero-order valence-electron chi connectivity index (χ0n) is 17.2. The van der Waals surface area contributed by atoms with Crippen molar-refractivity contribution >= 4 is 27.7 Å². The molecule has 0 aliphatic rings. The average Bonchev–Trinajstić information content (AvgIpc) is 2.73. The number of hydrogen-bond donors (Lipinski definition) is 2. The number of carbonyl (C=O) groups is 2. The summed E-state index contributed by atoms with van der Waals surface area (Å²) in [5.74, 6) is -0.278. The molecular weight excluding hydrogens is 410 g/mol. The van der Waals surface area contributed by atoms with Crippen molar-refractivity contribution in [3.8, 4) is 5.75 Å². The van der Waals surface area contributed by atoms with Crippen LogP contribution in [-0.2, 0) is 26.0 Å². The molecule has 0 aliphatic carbocycles. The molecule has 2 rings (SSSR count). The van der Waals surface area contributed by atoms with E-state index in [0.29, 0.717) is 0 Å². The van der Waals surface area contributed by atoms with Gasteiger partial charge in [-0.25, -0.2) is 17.5 Å². The van der Waals surface area contributed by atoms with Crippen molar-refractivity contribution < 1.29 is 27.5 Å². The minimum Gasteiger partial charge on any atom is -0.495 e. The van der Waals surface area contributed by atoms with E-state index in [9.17, 15) is 18.0 Å². The number of rotatable bonds is 8. The number of alkyl carbamates (subject to hydrolysis) is 1. The van der Waals surface area contributed by atoms with Gasteiger partial charge in [0.05, 0.1) is 24.8 Å². The van der Waals surface area contributed by atoms with Crippen LogP contribution in [0.25, 0.3) is 0 Å². The number of hydrogen-bond acceptors (Lipinski definition) is 6. The summed E-state index contributed by atoms with van der Waals surface area (Å²) >= 11 is 0. The monoisotopic (exact) mass is 435 g/mol. The normalized spacial score (nSPS) is 12.2. The molecule has 2 aromatic rings. The first kappa shape index (κ1) is 23.2. The van der Waals surface area contributed by atoms with Crippen LogP contribution in [0.1, 0.15) is 5.56 Å². The fourth-order valence-electron chi connectivity index (χ4n) is 2.64. The number of sulfonamides is 1. The lowest BCUT2D eigenvalue weighted by atomic mass is 10.1. The number of ether oxygens (including phenoxy) is 2. The summed E-state index contributed by atoms with van der Waals surface area (Å²) in [5.41, 5.74) is 0.986. The summed E-state index contributed by atoms with van der Waals surface area (Å²) in [6.45, 7) is 0. The first-order valence-corrected chi connectivity index (χ1v) is 10.4. The fraction of sp³-hybridized carbons (Fsp3) is 0.300. The smallest absolute Gasteiger partial charge is 0.407 e. The highest BCUT2D eigenvalue weighted by Crippen LogP contribution is 2.28. The Bertz CT molecular complexity index is 993. The summed E-state index contributed by atoms with van der Waals surface area (Å²) in [7, 11) is 1.71. The van der Waals surface area contributed by atoms with Crippen LogP contribution in [0.3, 0.4) is 0 Å². The molecule has 0 aliphatic heterocycles. The van der Waals surface area contributed by atoms with E-state index in [0.717, 1.165) is 9.87 Å². The highest BCUT2D eigenvalue weighted by atomic mass is 32.2. The van der Waals surface area contributed by atoms with Gasteiger partial charge < -0.3 is 20.1 Å². The third kappa shape index (κ3) is 5.71. The van der Waals surface area contributed by atoms with Crippen LogP contribution in [0.5, 0.6) is 5.75 Å². The van der Waals surface area contributed by atoms with Crippen molar-refractivity contribution in [3.63, 3.8) is 0 Å². The molecule has 0 radical (unpaired) electrons. The molecule has 0 saturated carbocycles. The lowest BCUT2D eigenvalue weighted by Gasteiger charge is -2.20. The molecule has 10 heteroatoms. The van der Waals surface area contributed by atoms with Crippen LogP contribution in [0.15, 0.2) is 53.4 Å². The highest BCUT2D eigenvalue weighted by molar-refractivity contribution is 7.89. The lowest BCUT2D eigenvalue weighted by molar-refractivity contribution is -0.118. The number of benzene rings is 2. The van der Waals surface area contributed by atoms with Gasteiger partial charge in [-0.1, -0.05) is 30.3 Å². The van der Waals surface area contributed by atoms with Gasteiger partial charge in [0, 0.05) is 20.5 Å². The molecular formula is C20H25N3O6S. The third-order valence-electron chi connectivity index (χ3n) is 4.28. The predicted molar refractivity (Wildman–Crippen MR) is 112 cm³/mol. The minimum atomic E-state index is -3.72. The largest absolute Gasteiger partial charge is 0.495 e. The molecule has 2 aromatic carbocycles. The van der Waals surface area contributed by atoms with E-state index in [4.69, 9.17) is 4.74 Å². The SMILES string of the molecule is COC(=O)NC(Cc1ccccc1)C(=O)Nc1cc(S(=O)(=O)N(C)C)ccc1OC. The van der Waals surface area contributed by atoms with Gasteiger partial charge in [-0.15, -0.1) is 0 Å². The number of carbonyl (C=O) groups excluding carboxylic acids is 2. The molecule has 2 N–H and O–H groups in total. The molecule has 0 bridgehead atoms. The van der Waals surface area contributed by atoms with E-state index in [2.05, 4.69) is 15.4 Å². The van der Waals surface area contributed by atoms with Crippen LogP contribution in [0, 0.1) is 0 Å². The van der Waals surface area contributed by atoms with E-state index in [1.54, 1.807) is 0 Å². The third-order valence-corrected chi connectivity index (χ3v) is 6.10. The van der Waals surface area contributed by atoms with E-state index < -0.39 is 28.1 Å². The number of nitrogens with zero attached hydrogens (tertiary/aromatic N) is 1. The Morgan fingerprint density at radius 2 is 1.73 bits per heavy atom. The van der Waals surface area contributed by atoms with Crippen LogP contribution in [-0.4, -0.2) is 59.1 Å². The second-order valence-corrected chi connectivity index (χ2v) is 8.67. The quantitative estimate of drug-likeness (QED) is 0.654. The zero-order valence-corrected chi connectivity index (χ0v) is 18.0. The van der Waals surface area contributed by atoms with Crippen molar-refractivity contribution in [2.45, 2.75) is 17.4 Å². The molecule has 9 nitrogen and oxygen atoms in total. The summed E-state index contributed by atoms with van der Waals surface area (Å²) < 4.78 is 35.8. The number of nitrogens with one attached hydrogen (secondary N) is 2. The standard InChI is InChI=1S/C20H25N3O6S/c1-23(2)30(26,27)15-10-11-18(28-3)16(13-15)21-19(24)17(22-20(25)29-4)12-14-8-6-5-7-9-14/h5-11,13,17H,12H2,1-4H3,(H,21,24)(H,22,25).